The van der Waals surface area contributed by atoms with Crippen LogP contribution in [0.5, 0.6) is 0 Å². The Morgan fingerprint density at radius 3 is 0.875 bits per heavy atom. The Hall–Kier alpha value is -1.53. The predicted molar refractivity (Wildman–Crippen MR) is 34.9 cm³/mol. The van der Waals surface area contributed by atoms with Crippen LogP contribution in [0.4, 0.5) is 0 Å². The SMILES string of the molecule is N.O.O.O=C([O-])C(=O)O.O=C([O-])C(=O)[O-].[Ti+2]. The van der Waals surface area contributed by atoms with Gasteiger partial charge in [0.15, 0.2) is 5.97 Å². The van der Waals surface area contributed by atoms with Crippen molar-refractivity contribution in [2.24, 2.45) is 0 Å². The number of rotatable bonds is 0. The third-order valence-corrected chi connectivity index (χ3v) is 0.341. The van der Waals surface area contributed by atoms with Gasteiger partial charge in [-0.25, -0.2) is 4.79 Å². The first-order valence-electron chi connectivity index (χ1n) is 2.15. The Morgan fingerprint density at radius 2 is 0.875 bits per heavy atom. The van der Waals surface area contributed by atoms with E-state index in [2.05, 4.69) is 0 Å². The van der Waals surface area contributed by atoms with Crippen LogP contribution in [0.1, 0.15) is 0 Å². The fourth-order valence-electron chi connectivity index (χ4n) is 0. The van der Waals surface area contributed by atoms with Crippen LogP contribution >= 0.6 is 0 Å². The standard InChI is InChI=1S/2C2H2O4.H3N.2H2O.Ti/c2*3-1(4)2(5)6;;;;/h2*(H,3,4)(H,5,6);1H3;2*1H2;/q;;;;;+2/p-3. The second kappa shape index (κ2) is 19.1. The molecule has 0 rings (SSSR count). The first kappa shape index (κ1) is 36.6. The van der Waals surface area contributed by atoms with E-state index in [-0.39, 0.29) is 38.8 Å². The fourth-order valence-corrected chi connectivity index (χ4v) is 0. The fraction of sp³-hybridized carbons (Fsp3) is 0. The van der Waals surface area contributed by atoms with E-state index in [4.69, 9.17) is 39.6 Å². The minimum absolute atomic E-state index is 0. The number of aliphatic carboxylic acids is 4. The Balaban J connectivity index is -0.0000000250. The van der Waals surface area contributed by atoms with Crippen LogP contribution < -0.4 is 21.5 Å². The van der Waals surface area contributed by atoms with Crippen molar-refractivity contribution in [1.82, 2.24) is 6.15 Å². The Labute approximate surface area is 103 Å². The quantitative estimate of drug-likeness (QED) is 0.314. The van der Waals surface area contributed by atoms with Crippen molar-refractivity contribution in [3.05, 3.63) is 0 Å². The molecular formula is C4H8NO10Ti-. The summed E-state index contributed by atoms with van der Waals surface area (Å²) in [6.45, 7) is 0. The van der Waals surface area contributed by atoms with Gasteiger partial charge in [-0.05, 0) is 0 Å². The predicted octanol–water partition coefficient (Wildman–Crippen LogP) is -7.18. The largest absolute Gasteiger partial charge is 2.00 e. The van der Waals surface area contributed by atoms with Crippen LogP contribution in [0.25, 0.3) is 0 Å². The maximum atomic E-state index is 9.04. The third-order valence-electron chi connectivity index (χ3n) is 0.341. The molecule has 8 N–H and O–H groups in total. The minimum atomic E-state index is -2.19. The van der Waals surface area contributed by atoms with E-state index in [0.717, 1.165) is 0 Å². The summed E-state index contributed by atoms with van der Waals surface area (Å²) in [7, 11) is 0. The van der Waals surface area contributed by atoms with E-state index in [0.29, 0.717) is 0 Å². The molecule has 0 aliphatic carbocycles. The van der Waals surface area contributed by atoms with Crippen molar-refractivity contribution in [3.8, 4) is 0 Å². The van der Waals surface area contributed by atoms with E-state index in [1.54, 1.807) is 0 Å². The topological polar surface area (TPSA) is 256 Å². The molecule has 0 saturated carbocycles. The summed E-state index contributed by atoms with van der Waals surface area (Å²) in [6.07, 6.45) is 0. The molecule has 0 aromatic heterocycles. The number of carbonyl (C=O) groups is 4. The monoisotopic (exact) mass is 278 g/mol. The van der Waals surface area contributed by atoms with Crippen molar-refractivity contribution in [1.29, 1.82) is 0 Å². The molecule has 11 nitrogen and oxygen atoms in total. The number of carboxylic acid groups (broad SMARTS) is 4. The molecule has 0 radical (unpaired) electrons. The van der Waals surface area contributed by atoms with Gasteiger partial charge in [0.25, 0.3) is 0 Å². The minimum Gasteiger partial charge on any atom is -0.543 e. The Kier molecular flexibility index (Phi) is 43.7. The zero-order valence-electron chi connectivity index (χ0n) is 7.51. The zero-order valence-corrected chi connectivity index (χ0v) is 9.07. The molecule has 0 amide bonds. The number of carbonyl (C=O) groups excluding carboxylic acids is 3. The summed E-state index contributed by atoms with van der Waals surface area (Å²) in [6, 6.07) is 0. The summed E-state index contributed by atoms with van der Waals surface area (Å²) in [5.74, 6) is -8.38. The molecule has 0 unspecified atom stereocenters. The van der Waals surface area contributed by atoms with Gasteiger partial charge in [0.1, 0.15) is 0 Å². The van der Waals surface area contributed by atoms with Crippen LogP contribution in [0.2, 0.25) is 0 Å². The van der Waals surface area contributed by atoms with Crippen LogP contribution in [-0.4, -0.2) is 39.9 Å². The molecule has 0 aliphatic heterocycles. The molecule has 0 heterocycles. The summed E-state index contributed by atoms with van der Waals surface area (Å²) in [5, 5.41) is 34.2. The summed E-state index contributed by atoms with van der Waals surface area (Å²) in [4.78, 5) is 35.9. The number of hydrogen-bond acceptors (Lipinski definition) is 8. The smallest absolute Gasteiger partial charge is 0.543 e. The van der Waals surface area contributed by atoms with Gasteiger partial charge in [0.2, 0.25) is 0 Å². The van der Waals surface area contributed by atoms with Crippen molar-refractivity contribution in [2.45, 2.75) is 0 Å². The Morgan fingerprint density at radius 1 is 0.750 bits per heavy atom. The van der Waals surface area contributed by atoms with Gasteiger partial charge in [0.05, 0.1) is 11.9 Å². The van der Waals surface area contributed by atoms with Gasteiger partial charge < -0.3 is 51.9 Å². The van der Waals surface area contributed by atoms with Crippen LogP contribution in [-0.2, 0) is 40.9 Å². The second-order valence-corrected chi connectivity index (χ2v) is 1.17. The normalized spacial score (nSPS) is 5.50. The van der Waals surface area contributed by atoms with Crippen molar-refractivity contribution < 1.29 is 72.3 Å². The number of carboxylic acids is 4. The summed E-state index contributed by atoms with van der Waals surface area (Å²) < 4.78 is 0. The van der Waals surface area contributed by atoms with Crippen LogP contribution in [0.15, 0.2) is 0 Å². The molecule has 0 bridgehead atoms. The molecular weight excluding hydrogens is 270 g/mol. The molecule has 12 heteroatoms. The van der Waals surface area contributed by atoms with Gasteiger partial charge >= 0.3 is 27.7 Å². The van der Waals surface area contributed by atoms with Gasteiger partial charge in [0, 0.05) is 0 Å². The molecule has 0 aromatic carbocycles. The molecule has 0 fully saturated rings. The van der Waals surface area contributed by atoms with Crippen LogP contribution in [0, 0.1) is 0 Å². The van der Waals surface area contributed by atoms with Crippen molar-refractivity contribution in [2.75, 3.05) is 0 Å². The molecule has 94 valence electrons. The van der Waals surface area contributed by atoms with Gasteiger partial charge in [-0.1, -0.05) is 0 Å². The van der Waals surface area contributed by atoms with Gasteiger partial charge in [-0.2, -0.15) is 0 Å². The first-order chi connectivity index (χ1) is 5.29. The second-order valence-electron chi connectivity index (χ2n) is 1.17. The molecule has 0 aliphatic rings. The van der Waals surface area contributed by atoms with E-state index in [1.165, 1.54) is 0 Å². The first-order valence-corrected chi connectivity index (χ1v) is 2.15. The summed E-state index contributed by atoms with van der Waals surface area (Å²) in [5.41, 5.74) is 0. The maximum absolute atomic E-state index is 9.04. The average molecular weight is 278 g/mol. The van der Waals surface area contributed by atoms with E-state index in [1.807, 2.05) is 0 Å². The van der Waals surface area contributed by atoms with Crippen LogP contribution in [0.3, 0.4) is 0 Å². The van der Waals surface area contributed by atoms with Gasteiger partial charge in [-0.15, -0.1) is 0 Å². The molecule has 0 atom stereocenters. The zero-order chi connectivity index (χ0) is 10.3. The van der Waals surface area contributed by atoms with E-state index >= 15 is 0 Å². The summed E-state index contributed by atoms with van der Waals surface area (Å²) >= 11 is 0. The van der Waals surface area contributed by atoms with E-state index in [9.17, 15) is 0 Å². The third kappa shape index (κ3) is 39.2. The van der Waals surface area contributed by atoms with Crippen molar-refractivity contribution in [3.63, 3.8) is 0 Å². The number of hydrogen-bond donors (Lipinski definition) is 2. The molecule has 0 saturated heterocycles. The Bertz CT molecular complexity index is 179. The maximum Gasteiger partial charge on any atom is 2.00 e. The van der Waals surface area contributed by atoms with Gasteiger partial charge in [-0.3, -0.25) is 0 Å². The average Bonchev–Trinajstić information content (AvgIpc) is 1.88. The van der Waals surface area contributed by atoms with E-state index < -0.39 is 23.9 Å². The molecule has 16 heavy (non-hydrogen) atoms. The molecule has 0 aromatic rings. The molecule has 0 spiro atoms. The van der Waals surface area contributed by atoms with Crippen molar-refractivity contribution >= 4 is 23.9 Å².